The molecule has 0 fully saturated rings. The molecule has 0 aliphatic heterocycles. The summed E-state index contributed by atoms with van der Waals surface area (Å²) < 4.78 is 0. The van der Waals surface area contributed by atoms with Crippen LogP contribution in [0.5, 0.6) is 0 Å². The van der Waals surface area contributed by atoms with Crippen LogP contribution in [0.25, 0.3) is 0 Å². The molecule has 2 rings (SSSR count). The highest BCUT2D eigenvalue weighted by Gasteiger charge is 2.15. The number of benzene rings is 2. The molecule has 0 bridgehead atoms. The maximum atomic E-state index is 12.2. The second-order valence-electron chi connectivity index (χ2n) is 5.01. The van der Waals surface area contributed by atoms with E-state index in [2.05, 4.69) is 5.32 Å². The van der Waals surface area contributed by atoms with E-state index in [1.165, 1.54) is 17.3 Å². The lowest BCUT2D eigenvalue weighted by atomic mass is 10.2. The summed E-state index contributed by atoms with van der Waals surface area (Å²) in [4.78, 5) is 24.4. The Morgan fingerprint density at radius 3 is 2.45 bits per heavy atom. The van der Waals surface area contributed by atoms with Gasteiger partial charge in [0.05, 0.1) is 5.25 Å². The number of primary amides is 1. The molecule has 0 spiro atoms. The van der Waals surface area contributed by atoms with Crippen LogP contribution in [-0.4, -0.2) is 17.1 Å². The molecule has 0 aromatic heterocycles. The summed E-state index contributed by atoms with van der Waals surface area (Å²) in [6.45, 7) is 3.87. The van der Waals surface area contributed by atoms with Crippen LogP contribution >= 0.6 is 11.8 Å². The van der Waals surface area contributed by atoms with E-state index in [0.29, 0.717) is 11.3 Å². The number of thioether (sulfide) groups is 1. The second-order valence-corrected chi connectivity index (χ2v) is 6.42. The molecule has 0 aliphatic rings. The molecule has 2 aromatic rings. The fraction of sp³-hybridized carbons (Fsp3) is 0.176. The number of nitrogens with two attached hydrogens (primary N) is 1. The molecular weight excluding hydrogens is 296 g/mol. The first-order chi connectivity index (χ1) is 10.5. The topological polar surface area (TPSA) is 72.2 Å². The third-order valence-electron chi connectivity index (χ3n) is 3.12. The number of aryl methyl sites for hydroxylation is 1. The Hall–Kier alpha value is -2.27. The van der Waals surface area contributed by atoms with E-state index >= 15 is 0 Å². The third-order valence-corrected chi connectivity index (χ3v) is 4.23. The lowest BCUT2D eigenvalue weighted by Crippen LogP contribution is -2.22. The van der Waals surface area contributed by atoms with Crippen molar-refractivity contribution in [1.29, 1.82) is 0 Å². The Labute approximate surface area is 134 Å². The van der Waals surface area contributed by atoms with Gasteiger partial charge < -0.3 is 11.1 Å². The SMILES string of the molecule is Cc1ccc(S[C@@H](C)C(=O)Nc2cccc(C(N)=O)c2)cc1. The standard InChI is InChI=1S/C17H18N2O2S/c1-11-6-8-15(9-7-11)22-12(2)17(21)19-14-5-3-4-13(10-14)16(18)20/h3-10,12H,1-2H3,(H2,18,20)(H,19,21)/t12-/m0/s1. The zero-order valence-electron chi connectivity index (χ0n) is 12.5. The van der Waals surface area contributed by atoms with Gasteiger partial charge in [-0.25, -0.2) is 0 Å². The van der Waals surface area contributed by atoms with Crippen molar-refractivity contribution < 1.29 is 9.59 Å². The predicted octanol–water partition coefficient (Wildman–Crippen LogP) is 3.21. The van der Waals surface area contributed by atoms with Crippen molar-refractivity contribution in [3.63, 3.8) is 0 Å². The second kappa shape index (κ2) is 7.13. The number of hydrogen-bond donors (Lipinski definition) is 2. The molecule has 3 N–H and O–H groups in total. The smallest absolute Gasteiger partial charge is 0.248 e. The van der Waals surface area contributed by atoms with Crippen LogP contribution in [0.1, 0.15) is 22.8 Å². The first kappa shape index (κ1) is 16.1. The third kappa shape index (κ3) is 4.36. The van der Waals surface area contributed by atoms with Gasteiger partial charge in [0, 0.05) is 16.1 Å². The largest absolute Gasteiger partial charge is 0.366 e. The van der Waals surface area contributed by atoms with Gasteiger partial charge in [-0.2, -0.15) is 0 Å². The van der Waals surface area contributed by atoms with Gasteiger partial charge in [0.2, 0.25) is 11.8 Å². The minimum Gasteiger partial charge on any atom is -0.366 e. The van der Waals surface area contributed by atoms with Crippen LogP contribution in [0.15, 0.2) is 53.4 Å². The maximum absolute atomic E-state index is 12.2. The van der Waals surface area contributed by atoms with Crippen LogP contribution in [0.4, 0.5) is 5.69 Å². The van der Waals surface area contributed by atoms with E-state index in [-0.39, 0.29) is 11.2 Å². The number of carbonyl (C=O) groups excluding carboxylic acids is 2. The lowest BCUT2D eigenvalue weighted by Gasteiger charge is -2.12. The highest BCUT2D eigenvalue weighted by atomic mass is 32.2. The predicted molar refractivity (Wildman–Crippen MR) is 90.1 cm³/mol. The molecule has 0 aliphatic carbocycles. The van der Waals surface area contributed by atoms with E-state index < -0.39 is 5.91 Å². The molecular formula is C17H18N2O2S. The van der Waals surface area contributed by atoms with Crippen LogP contribution in [0.2, 0.25) is 0 Å². The Balaban J connectivity index is 2.00. The maximum Gasteiger partial charge on any atom is 0.248 e. The molecule has 0 unspecified atom stereocenters. The molecule has 4 nitrogen and oxygen atoms in total. The summed E-state index contributed by atoms with van der Waals surface area (Å²) in [5, 5.41) is 2.55. The van der Waals surface area contributed by atoms with Gasteiger partial charge in [0.15, 0.2) is 0 Å². The van der Waals surface area contributed by atoms with Crippen molar-refractivity contribution in [2.45, 2.75) is 24.0 Å². The summed E-state index contributed by atoms with van der Waals surface area (Å²) in [7, 11) is 0. The Kier molecular flexibility index (Phi) is 5.22. The molecule has 5 heteroatoms. The fourth-order valence-corrected chi connectivity index (χ4v) is 2.74. The monoisotopic (exact) mass is 314 g/mol. The first-order valence-corrected chi connectivity index (χ1v) is 7.78. The van der Waals surface area contributed by atoms with Crippen molar-refractivity contribution in [2.75, 3.05) is 5.32 Å². The highest BCUT2D eigenvalue weighted by Crippen LogP contribution is 2.24. The van der Waals surface area contributed by atoms with Crippen molar-refractivity contribution in [1.82, 2.24) is 0 Å². The zero-order valence-corrected chi connectivity index (χ0v) is 13.3. The average Bonchev–Trinajstić information content (AvgIpc) is 2.49. The molecule has 1 atom stereocenters. The molecule has 2 aromatic carbocycles. The van der Waals surface area contributed by atoms with Crippen molar-refractivity contribution in [2.24, 2.45) is 5.73 Å². The van der Waals surface area contributed by atoms with Crippen molar-refractivity contribution >= 4 is 29.3 Å². The summed E-state index contributed by atoms with van der Waals surface area (Å²) in [5.41, 5.74) is 7.36. The summed E-state index contributed by atoms with van der Waals surface area (Å²) in [5.74, 6) is -0.634. The number of nitrogens with one attached hydrogen (secondary N) is 1. The normalized spacial score (nSPS) is 11.7. The average molecular weight is 314 g/mol. The molecule has 0 heterocycles. The van der Waals surface area contributed by atoms with Crippen LogP contribution in [-0.2, 0) is 4.79 Å². The quantitative estimate of drug-likeness (QED) is 0.832. The zero-order chi connectivity index (χ0) is 16.1. The molecule has 22 heavy (non-hydrogen) atoms. The lowest BCUT2D eigenvalue weighted by molar-refractivity contribution is -0.115. The number of hydrogen-bond acceptors (Lipinski definition) is 3. The van der Waals surface area contributed by atoms with E-state index in [4.69, 9.17) is 5.73 Å². The van der Waals surface area contributed by atoms with E-state index in [1.807, 2.05) is 38.1 Å². The Bertz CT molecular complexity index is 683. The minimum atomic E-state index is -0.516. The van der Waals surface area contributed by atoms with E-state index in [1.54, 1.807) is 24.3 Å². The van der Waals surface area contributed by atoms with E-state index in [9.17, 15) is 9.59 Å². The summed E-state index contributed by atoms with van der Waals surface area (Å²) in [6, 6.07) is 14.6. The van der Waals surface area contributed by atoms with Crippen LogP contribution in [0.3, 0.4) is 0 Å². The van der Waals surface area contributed by atoms with Gasteiger partial charge in [-0.1, -0.05) is 23.8 Å². The minimum absolute atomic E-state index is 0.118. The van der Waals surface area contributed by atoms with E-state index in [0.717, 1.165) is 4.90 Å². The number of rotatable bonds is 5. The van der Waals surface area contributed by atoms with Gasteiger partial charge in [0.25, 0.3) is 0 Å². The first-order valence-electron chi connectivity index (χ1n) is 6.90. The molecule has 0 saturated heterocycles. The number of carbonyl (C=O) groups is 2. The molecule has 2 amide bonds. The van der Waals surface area contributed by atoms with Crippen LogP contribution in [0, 0.1) is 6.92 Å². The number of anilines is 1. The Morgan fingerprint density at radius 2 is 1.82 bits per heavy atom. The van der Waals surface area contributed by atoms with Gasteiger partial charge >= 0.3 is 0 Å². The van der Waals surface area contributed by atoms with Gasteiger partial charge in [-0.15, -0.1) is 11.8 Å². The van der Waals surface area contributed by atoms with Crippen molar-refractivity contribution in [3.05, 3.63) is 59.7 Å². The molecule has 0 saturated carbocycles. The van der Waals surface area contributed by atoms with Gasteiger partial charge in [-0.05, 0) is 44.2 Å². The Morgan fingerprint density at radius 1 is 1.14 bits per heavy atom. The number of amides is 2. The molecule has 114 valence electrons. The van der Waals surface area contributed by atoms with Gasteiger partial charge in [0.1, 0.15) is 0 Å². The molecule has 0 radical (unpaired) electrons. The van der Waals surface area contributed by atoms with Crippen LogP contribution < -0.4 is 11.1 Å². The van der Waals surface area contributed by atoms with Gasteiger partial charge in [-0.3, -0.25) is 9.59 Å². The highest BCUT2D eigenvalue weighted by molar-refractivity contribution is 8.00. The van der Waals surface area contributed by atoms with Crippen molar-refractivity contribution in [3.8, 4) is 0 Å². The summed E-state index contributed by atoms with van der Waals surface area (Å²) >= 11 is 1.49. The summed E-state index contributed by atoms with van der Waals surface area (Å²) in [6.07, 6.45) is 0. The fourth-order valence-electron chi connectivity index (χ4n) is 1.87.